The number of nitrogens with zero attached hydrogens (tertiary/aromatic N) is 1. The summed E-state index contributed by atoms with van der Waals surface area (Å²) in [5.74, 6) is -0.136. The molecule has 0 fully saturated rings. The molecule has 1 N–H and O–H groups in total. The molecule has 0 spiro atoms. The van der Waals surface area contributed by atoms with Crippen LogP contribution in [0.2, 0.25) is 5.02 Å². The number of nitro benzene ring substituents is 1. The molecule has 7 heteroatoms. The summed E-state index contributed by atoms with van der Waals surface area (Å²) in [6, 6.07) is 12.8. The van der Waals surface area contributed by atoms with Gasteiger partial charge < -0.3 is 10.1 Å². The Bertz CT molecular complexity index is 691. The largest absolute Gasteiger partial charge is 0.479 e. The van der Waals surface area contributed by atoms with Gasteiger partial charge in [0, 0.05) is 17.8 Å². The highest BCUT2D eigenvalue weighted by molar-refractivity contribution is 6.32. The van der Waals surface area contributed by atoms with Crippen molar-refractivity contribution >= 4 is 28.9 Å². The Morgan fingerprint density at radius 1 is 1.27 bits per heavy atom. The number of anilines is 1. The van der Waals surface area contributed by atoms with Crippen molar-refractivity contribution in [2.45, 2.75) is 13.0 Å². The second kappa shape index (κ2) is 6.91. The number of hydrogen-bond acceptors (Lipinski definition) is 4. The molecule has 0 aliphatic rings. The van der Waals surface area contributed by atoms with Crippen LogP contribution in [-0.4, -0.2) is 16.9 Å². The molecule has 0 heterocycles. The van der Waals surface area contributed by atoms with Crippen LogP contribution in [0.25, 0.3) is 0 Å². The minimum atomic E-state index is -0.806. The lowest BCUT2D eigenvalue weighted by Crippen LogP contribution is -2.30. The second-order valence-electron chi connectivity index (χ2n) is 4.49. The Balaban J connectivity index is 2.03. The van der Waals surface area contributed by atoms with Gasteiger partial charge in [-0.2, -0.15) is 0 Å². The number of hydrogen-bond donors (Lipinski definition) is 1. The summed E-state index contributed by atoms with van der Waals surface area (Å²) in [6.07, 6.45) is -0.806. The van der Waals surface area contributed by atoms with Crippen LogP contribution in [0, 0.1) is 10.1 Å². The molecule has 0 saturated carbocycles. The molecule has 0 bridgehead atoms. The van der Waals surface area contributed by atoms with Crippen LogP contribution in [0.5, 0.6) is 5.75 Å². The lowest BCUT2D eigenvalue weighted by atomic mass is 10.3. The van der Waals surface area contributed by atoms with Gasteiger partial charge in [0.2, 0.25) is 0 Å². The van der Waals surface area contributed by atoms with Crippen molar-refractivity contribution in [3.63, 3.8) is 0 Å². The fourth-order valence-corrected chi connectivity index (χ4v) is 1.93. The van der Waals surface area contributed by atoms with Gasteiger partial charge >= 0.3 is 0 Å². The minimum absolute atomic E-state index is 0.0774. The molecule has 6 nitrogen and oxygen atoms in total. The molecule has 2 rings (SSSR count). The second-order valence-corrected chi connectivity index (χ2v) is 4.89. The summed E-state index contributed by atoms with van der Waals surface area (Å²) in [7, 11) is 0. The Morgan fingerprint density at radius 2 is 1.95 bits per heavy atom. The lowest BCUT2D eigenvalue weighted by molar-refractivity contribution is -0.384. The summed E-state index contributed by atoms with van der Waals surface area (Å²) in [4.78, 5) is 22.1. The summed E-state index contributed by atoms with van der Waals surface area (Å²) in [5, 5.41) is 13.4. The number of carbonyl (C=O) groups excluding carboxylic acids is 1. The number of para-hydroxylation sites is 1. The van der Waals surface area contributed by atoms with Crippen LogP contribution < -0.4 is 10.1 Å². The molecule has 2 aromatic rings. The maximum atomic E-state index is 12.0. The third kappa shape index (κ3) is 3.95. The standard InChI is InChI=1S/C15H13ClN2O4/c1-10(15(19)17-11-5-3-2-4-6-11)22-14-8-7-12(18(20)21)9-13(14)16/h2-10H,1H3,(H,17,19)/t10-/m1/s1. The lowest BCUT2D eigenvalue weighted by Gasteiger charge is -2.15. The molecule has 1 amide bonds. The molecule has 0 saturated heterocycles. The molecular weight excluding hydrogens is 308 g/mol. The van der Waals surface area contributed by atoms with Crippen LogP contribution in [0.4, 0.5) is 11.4 Å². The number of non-ortho nitro benzene ring substituents is 1. The monoisotopic (exact) mass is 320 g/mol. The van der Waals surface area contributed by atoms with E-state index in [0.717, 1.165) is 0 Å². The normalized spacial score (nSPS) is 11.5. The first-order valence-electron chi connectivity index (χ1n) is 6.44. The molecule has 0 aliphatic carbocycles. The maximum Gasteiger partial charge on any atom is 0.271 e. The molecule has 2 aromatic carbocycles. The molecular formula is C15H13ClN2O4. The van der Waals surface area contributed by atoms with Crippen molar-refractivity contribution in [2.24, 2.45) is 0 Å². The van der Waals surface area contributed by atoms with E-state index in [9.17, 15) is 14.9 Å². The SMILES string of the molecule is C[C@@H](Oc1ccc([N+](=O)[O-])cc1Cl)C(=O)Nc1ccccc1. The van der Waals surface area contributed by atoms with Crippen LogP contribution in [0.3, 0.4) is 0 Å². The number of halogens is 1. The van der Waals surface area contributed by atoms with E-state index in [0.29, 0.717) is 5.69 Å². The fraction of sp³-hybridized carbons (Fsp3) is 0.133. The van der Waals surface area contributed by atoms with Gasteiger partial charge in [-0.1, -0.05) is 29.8 Å². The Kier molecular flexibility index (Phi) is 4.95. The minimum Gasteiger partial charge on any atom is -0.479 e. The zero-order valence-electron chi connectivity index (χ0n) is 11.7. The molecule has 0 unspecified atom stereocenters. The summed E-state index contributed by atoms with van der Waals surface area (Å²) in [5.41, 5.74) is 0.511. The summed E-state index contributed by atoms with van der Waals surface area (Å²) in [6.45, 7) is 1.57. The van der Waals surface area contributed by atoms with E-state index in [-0.39, 0.29) is 22.4 Å². The molecule has 0 radical (unpaired) electrons. The van der Waals surface area contributed by atoms with Gasteiger partial charge in [0.25, 0.3) is 11.6 Å². The van der Waals surface area contributed by atoms with Crippen LogP contribution in [0.1, 0.15) is 6.92 Å². The van der Waals surface area contributed by atoms with Crippen molar-refractivity contribution in [1.82, 2.24) is 0 Å². The van der Waals surface area contributed by atoms with E-state index < -0.39 is 11.0 Å². The first-order valence-corrected chi connectivity index (χ1v) is 6.81. The number of benzene rings is 2. The van der Waals surface area contributed by atoms with E-state index >= 15 is 0 Å². The number of nitro groups is 1. The number of carbonyl (C=O) groups is 1. The van der Waals surface area contributed by atoms with Gasteiger partial charge in [0.1, 0.15) is 5.75 Å². The summed E-state index contributed by atoms with van der Waals surface area (Å²) < 4.78 is 5.45. The molecule has 0 aliphatic heterocycles. The first kappa shape index (κ1) is 15.8. The molecule has 22 heavy (non-hydrogen) atoms. The topological polar surface area (TPSA) is 81.5 Å². The zero-order valence-corrected chi connectivity index (χ0v) is 12.4. The summed E-state index contributed by atoms with van der Waals surface area (Å²) >= 11 is 5.92. The molecule has 0 aromatic heterocycles. The van der Waals surface area contributed by atoms with E-state index in [2.05, 4.69) is 5.32 Å². The van der Waals surface area contributed by atoms with Crippen molar-refractivity contribution in [1.29, 1.82) is 0 Å². The average molecular weight is 321 g/mol. The number of ether oxygens (including phenoxy) is 1. The van der Waals surface area contributed by atoms with Gasteiger partial charge in [-0.05, 0) is 25.1 Å². The third-order valence-electron chi connectivity index (χ3n) is 2.84. The zero-order chi connectivity index (χ0) is 16.1. The van der Waals surface area contributed by atoms with E-state index in [4.69, 9.17) is 16.3 Å². The number of nitrogens with one attached hydrogen (secondary N) is 1. The van der Waals surface area contributed by atoms with Crippen molar-refractivity contribution < 1.29 is 14.5 Å². The van der Waals surface area contributed by atoms with Crippen molar-refractivity contribution in [3.05, 3.63) is 63.7 Å². The van der Waals surface area contributed by atoms with E-state index in [1.807, 2.05) is 6.07 Å². The fourth-order valence-electron chi connectivity index (χ4n) is 1.71. The van der Waals surface area contributed by atoms with Crippen LogP contribution >= 0.6 is 11.6 Å². The van der Waals surface area contributed by atoms with Gasteiger partial charge in [0.15, 0.2) is 6.10 Å². The highest BCUT2D eigenvalue weighted by Gasteiger charge is 2.18. The third-order valence-corrected chi connectivity index (χ3v) is 3.14. The highest BCUT2D eigenvalue weighted by Crippen LogP contribution is 2.29. The van der Waals surface area contributed by atoms with Crippen LogP contribution in [-0.2, 0) is 4.79 Å². The van der Waals surface area contributed by atoms with Crippen LogP contribution in [0.15, 0.2) is 48.5 Å². The Hall–Kier alpha value is -2.60. The average Bonchev–Trinajstić information content (AvgIpc) is 2.50. The quantitative estimate of drug-likeness (QED) is 0.673. The smallest absolute Gasteiger partial charge is 0.271 e. The van der Waals surface area contributed by atoms with Gasteiger partial charge in [0.05, 0.1) is 9.95 Å². The highest BCUT2D eigenvalue weighted by atomic mass is 35.5. The first-order chi connectivity index (χ1) is 10.5. The number of rotatable bonds is 5. The van der Waals surface area contributed by atoms with Gasteiger partial charge in [-0.15, -0.1) is 0 Å². The Morgan fingerprint density at radius 3 is 2.55 bits per heavy atom. The van der Waals surface area contributed by atoms with Crippen molar-refractivity contribution in [2.75, 3.05) is 5.32 Å². The molecule has 114 valence electrons. The maximum absolute atomic E-state index is 12.0. The van der Waals surface area contributed by atoms with Crippen molar-refractivity contribution in [3.8, 4) is 5.75 Å². The van der Waals surface area contributed by atoms with E-state index in [1.165, 1.54) is 18.2 Å². The van der Waals surface area contributed by atoms with E-state index in [1.54, 1.807) is 31.2 Å². The Labute approximate surface area is 131 Å². The van der Waals surface area contributed by atoms with Gasteiger partial charge in [-0.3, -0.25) is 14.9 Å². The predicted octanol–water partition coefficient (Wildman–Crippen LogP) is 3.65. The predicted molar refractivity (Wildman–Crippen MR) is 83.3 cm³/mol. The van der Waals surface area contributed by atoms with Gasteiger partial charge in [-0.25, -0.2) is 0 Å². The number of amides is 1. The molecule has 1 atom stereocenters.